The summed E-state index contributed by atoms with van der Waals surface area (Å²) < 4.78 is 4.64. The number of halogens is 2. The summed E-state index contributed by atoms with van der Waals surface area (Å²) >= 11 is 12.2. The van der Waals surface area contributed by atoms with Crippen molar-refractivity contribution in [2.75, 3.05) is 19.0 Å². The zero-order valence-corrected chi connectivity index (χ0v) is 14.4. The summed E-state index contributed by atoms with van der Waals surface area (Å²) in [6.07, 6.45) is 0.508. The molecule has 0 saturated carbocycles. The molecule has 7 heteroatoms. The Morgan fingerprint density at radius 2 is 1.75 bits per heavy atom. The molecule has 0 saturated heterocycles. The molecule has 126 valence electrons. The van der Waals surface area contributed by atoms with E-state index >= 15 is 0 Å². The lowest BCUT2D eigenvalue weighted by molar-refractivity contribution is 0.0600. The highest BCUT2D eigenvalue weighted by Crippen LogP contribution is 2.24. The first kappa shape index (κ1) is 18.1. The summed E-state index contributed by atoms with van der Waals surface area (Å²) in [7, 11) is 1.30. The maximum atomic E-state index is 11.9. The summed E-state index contributed by atoms with van der Waals surface area (Å²) in [5.74, 6) is -0.465. The van der Waals surface area contributed by atoms with Crippen molar-refractivity contribution in [3.05, 3.63) is 63.6 Å². The number of rotatable bonds is 5. The molecule has 0 aliphatic carbocycles. The van der Waals surface area contributed by atoms with Crippen molar-refractivity contribution < 1.29 is 14.3 Å². The summed E-state index contributed by atoms with van der Waals surface area (Å²) in [4.78, 5) is 23.4. The Hall–Kier alpha value is -2.24. The minimum Gasteiger partial charge on any atom is -0.465 e. The number of hydrogen-bond acceptors (Lipinski definition) is 3. The largest absolute Gasteiger partial charge is 0.465 e. The summed E-state index contributed by atoms with van der Waals surface area (Å²) in [6, 6.07) is 11.4. The van der Waals surface area contributed by atoms with E-state index in [0.29, 0.717) is 34.3 Å². The van der Waals surface area contributed by atoms with Crippen LogP contribution < -0.4 is 10.6 Å². The summed E-state index contributed by atoms with van der Waals surface area (Å²) in [6.45, 7) is 0.367. The standard InChI is InChI=1S/C17H16Cl2N2O3/c1-24-16(22)11-4-2-5-12(10-11)21-17(23)20-9-8-13-14(18)6-3-7-15(13)19/h2-7,10H,8-9H2,1H3,(H2,20,21,23). The van der Waals surface area contributed by atoms with Gasteiger partial charge in [-0.25, -0.2) is 9.59 Å². The number of urea groups is 1. The third-order valence-electron chi connectivity index (χ3n) is 3.26. The molecule has 2 rings (SSSR count). The van der Waals surface area contributed by atoms with Crippen molar-refractivity contribution in [3.63, 3.8) is 0 Å². The first-order valence-electron chi connectivity index (χ1n) is 7.17. The van der Waals surface area contributed by atoms with E-state index in [-0.39, 0.29) is 6.03 Å². The number of benzene rings is 2. The monoisotopic (exact) mass is 366 g/mol. The fraction of sp³-hybridized carbons (Fsp3) is 0.176. The van der Waals surface area contributed by atoms with Crippen molar-refractivity contribution in [2.45, 2.75) is 6.42 Å². The van der Waals surface area contributed by atoms with Gasteiger partial charge in [-0.2, -0.15) is 0 Å². The molecule has 0 aliphatic heterocycles. The first-order valence-corrected chi connectivity index (χ1v) is 7.93. The Labute approximate surface area is 149 Å². The van der Waals surface area contributed by atoms with Crippen LogP contribution in [0.3, 0.4) is 0 Å². The van der Waals surface area contributed by atoms with Gasteiger partial charge in [-0.3, -0.25) is 0 Å². The second kappa shape index (κ2) is 8.57. The number of carbonyl (C=O) groups is 2. The van der Waals surface area contributed by atoms with E-state index in [2.05, 4.69) is 15.4 Å². The van der Waals surface area contributed by atoms with Gasteiger partial charge in [0.2, 0.25) is 0 Å². The molecule has 5 nitrogen and oxygen atoms in total. The van der Waals surface area contributed by atoms with Crippen LogP contribution in [0, 0.1) is 0 Å². The maximum absolute atomic E-state index is 11.9. The smallest absolute Gasteiger partial charge is 0.337 e. The zero-order valence-electron chi connectivity index (χ0n) is 12.9. The number of hydrogen-bond donors (Lipinski definition) is 2. The van der Waals surface area contributed by atoms with Crippen LogP contribution in [-0.4, -0.2) is 25.7 Å². The van der Waals surface area contributed by atoms with Gasteiger partial charge in [0.15, 0.2) is 0 Å². The zero-order chi connectivity index (χ0) is 17.5. The Kier molecular flexibility index (Phi) is 6.46. The van der Waals surface area contributed by atoms with Gasteiger partial charge in [0, 0.05) is 22.3 Å². The van der Waals surface area contributed by atoms with Gasteiger partial charge in [0.25, 0.3) is 0 Å². The molecule has 0 radical (unpaired) electrons. The lowest BCUT2D eigenvalue weighted by Crippen LogP contribution is -2.30. The number of anilines is 1. The summed E-state index contributed by atoms with van der Waals surface area (Å²) in [5, 5.41) is 6.50. The molecule has 2 aromatic rings. The number of amides is 2. The topological polar surface area (TPSA) is 67.4 Å². The van der Waals surface area contributed by atoms with Crippen molar-refractivity contribution in [1.82, 2.24) is 5.32 Å². The Bertz CT molecular complexity index is 730. The van der Waals surface area contributed by atoms with Gasteiger partial charge < -0.3 is 15.4 Å². The molecule has 0 spiro atoms. The lowest BCUT2D eigenvalue weighted by atomic mass is 10.1. The number of nitrogens with one attached hydrogen (secondary N) is 2. The molecule has 0 heterocycles. The van der Waals surface area contributed by atoms with Crippen LogP contribution in [0.15, 0.2) is 42.5 Å². The van der Waals surface area contributed by atoms with Gasteiger partial charge in [-0.15, -0.1) is 0 Å². The highest BCUT2D eigenvalue weighted by Gasteiger charge is 2.09. The SMILES string of the molecule is COC(=O)c1cccc(NC(=O)NCCc2c(Cl)cccc2Cl)c1. The molecule has 24 heavy (non-hydrogen) atoms. The minimum absolute atomic E-state index is 0.359. The van der Waals surface area contributed by atoms with Crippen molar-refractivity contribution in [1.29, 1.82) is 0 Å². The van der Waals surface area contributed by atoms with Crippen LogP contribution in [0.2, 0.25) is 10.0 Å². The third-order valence-corrected chi connectivity index (χ3v) is 3.97. The molecule has 0 fully saturated rings. The van der Waals surface area contributed by atoms with E-state index < -0.39 is 5.97 Å². The predicted molar refractivity (Wildman–Crippen MR) is 95.0 cm³/mol. The van der Waals surface area contributed by atoms with Gasteiger partial charge in [0.05, 0.1) is 12.7 Å². The normalized spacial score (nSPS) is 10.1. The van der Waals surface area contributed by atoms with Crippen LogP contribution in [0.5, 0.6) is 0 Å². The molecule has 0 aliphatic rings. The number of esters is 1. The van der Waals surface area contributed by atoms with Crippen LogP contribution in [0.25, 0.3) is 0 Å². The first-order chi connectivity index (χ1) is 11.5. The van der Waals surface area contributed by atoms with Crippen molar-refractivity contribution >= 4 is 40.9 Å². The van der Waals surface area contributed by atoms with E-state index in [9.17, 15) is 9.59 Å². The van der Waals surface area contributed by atoms with E-state index in [1.165, 1.54) is 13.2 Å². The lowest BCUT2D eigenvalue weighted by Gasteiger charge is -2.10. The second-order valence-corrected chi connectivity index (χ2v) is 5.72. The van der Waals surface area contributed by atoms with Crippen LogP contribution in [0.1, 0.15) is 15.9 Å². The third kappa shape index (κ3) is 4.88. The molecule has 2 aromatic carbocycles. The Morgan fingerprint density at radius 1 is 1.08 bits per heavy atom. The molecule has 2 amide bonds. The molecule has 0 bridgehead atoms. The average Bonchev–Trinajstić information content (AvgIpc) is 2.57. The number of carbonyl (C=O) groups excluding carboxylic acids is 2. The molecule has 2 N–H and O–H groups in total. The number of methoxy groups -OCH3 is 1. The highest BCUT2D eigenvalue weighted by molar-refractivity contribution is 6.36. The maximum Gasteiger partial charge on any atom is 0.337 e. The molecule has 0 unspecified atom stereocenters. The van der Waals surface area contributed by atoms with Gasteiger partial charge in [0.1, 0.15) is 0 Å². The quantitative estimate of drug-likeness (QED) is 0.781. The van der Waals surface area contributed by atoms with Gasteiger partial charge >= 0.3 is 12.0 Å². The van der Waals surface area contributed by atoms with Crippen molar-refractivity contribution in [2.24, 2.45) is 0 Å². The fourth-order valence-electron chi connectivity index (χ4n) is 2.09. The van der Waals surface area contributed by atoms with Gasteiger partial charge in [-0.1, -0.05) is 35.3 Å². The second-order valence-electron chi connectivity index (χ2n) is 4.90. The average molecular weight is 367 g/mol. The molecule has 0 aromatic heterocycles. The molecular formula is C17H16Cl2N2O3. The van der Waals surface area contributed by atoms with E-state index in [1.807, 2.05) is 0 Å². The van der Waals surface area contributed by atoms with E-state index in [1.54, 1.807) is 36.4 Å². The van der Waals surface area contributed by atoms with E-state index in [0.717, 1.165) is 5.56 Å². The van der Waals surface area contributed by atoms with Crippen molar-refractivity contribution in [3.8, 4) is 0 Å². The van der Waals surface area contributed by atoms with Crippen LogP contribution >= 0.6 is 23.2 Å². The fourth-order valence-corrected chi connectivity index (χ4v) is 2.68. The van der Waals surface area contributed by atoms with E-state index in [4.69, 9.17) is 23.2 Å². The Morgan fingerprint density at radius 3 is 2.42 bits per heavy atom. The number of ether oxygens (including phenoxy) is 1. The highest BCUT2D eigenvalue weighted by atomic mass is 35.5. The summed E-state index contributed by atoms with van der Waals surface area (Å²) in [5.41, 5.74) is 1.64. The minimum atomic E-state index is -0.465. The Balaban J connectivity index is 1.89. The van der Waals surface area contributed by atoms with Crippen LogP contribution in [0.4, 0.5) is 10.5 Å². The van der Waals surface area contributed by atoms with Crippen LogP contribution in [-0.2, 0) is 11.2 Å². The molecule has 0 atom stereocenters. The van der Waals surface area contributed by atoms with Gasteiger partial charge in [-0.05, 0) is 42.3 Å². The predicted octanol–water partition coefficient (Wildman–Crippen LogP) is 4.14. The molecular weight excluding hydrogens is 351 g/mol.